The average Bonchev–Trinajstić information content (AvgIpc) is 2.75. The van der Waals surface area contributed by atoms with Crippen LogP contribution in [0.25, 0.3) is 0 Å². The first-order valence-electron chi connectivity index (χ1n) is 13.5. The molecule has 0 aliphatic rings. The molecule has 0 aromatic carbocycles. The summed E-state index contributed by atoms with van der Waals surface area (Å²) in [5.74, 6) is -0.887. The monoisotopic (exact) mass is 530 g/mol. The molecule has 1 amide bonds. The van der Waals surface area contributed by atoms with Gasteiger partial charge < -0.3 is 20.1 Å². The molecule has 0 saturated heterocycles. The number of rotatable bonds is 25. The summed E-state index contributed by atoms with van der Waals surface area (Å²) in [6.07, 6.45) is 18.4. The minimum absolute atomic E-state index is 0. The summed E-state index contributed by atoms with van der Waals surface area (Å²) in [6, 6.07) is 0. The van der Waals surface area contributed by atoms with Crippen molar-refractivity contribution in [3.63, 3.8) is 0 Å². The molecular formula is C25H51N2NaO6S. The fourth-order valence-electron chi connectivity index (χ4n) is 4.12. The van der Waals surface area contributed by atoms with Crippen LogP contribution in [-0.4, -0.2) is 78.6 Å². The number of amides is 1. The van der Waals surface area contributed by atoms with Crippen molar-refractivity contribution in [3.05, 3.63) is 0 Å². The van der Waals surface area contributed by atoms with E-state index < -0.39 is 22.0 Å². The maximum atomic E-state index is 12.0. The number of carbonyl (C=O) groups excluding carboxylic acids is 1. The van der Waals surface area contributed by atoms with Crippen LogP contribution in [0.2, 0.25) is 0 Å². The Hall–Kier alpha value is 0.260. The summed E-state index contributed by atoms with van der Waals surface area (Å²) in [4.78, 5) is 13.6. The quantitative estimate of drug-likeness (QED) is 0.0894. The average molecular weight is 531 g/mol. The van der Waals surface area contributed by atoms with E-state index in [2.05, 4.69) is 12.2 Å². The predicted molar refractivity (Wildman–Crippen MR) is 137 cm³/mol. The number of aliphatic hydroxyl groups excluding tert-OH is 2. The van der Waals surface area contributed by atoms with E-state index >= 15 is 0 Å². The van der Waals surface area contributed by atoms with Gasteiger partial charge in [0, 0.05) is 32.6 Å². The fourth-order valence-corrected chi connectivity index (χ4v) is 4.70. The molecule has 204 valence electrons. The molecule has 0 bridgehead atoms. The molecular weight excluding hydrogens is 479 g/mol. The van der Waals surface area contributed by atoms with Crippen molar-refractivity contribution in [2.75, 3.05) is 38.5 Å². The Morgan fingerprint density at radius 2 is 1.31 bits per heavy atom. The van der Waals surface area contributed by atoms with E-state index in [0.29, 0.717) is 19.5 Å². The number of hydrogen-bond donors (Lipinski definition) is 3. The van der Waals surface area contributed by atoms with Gasteiger partial charge in [-0.05, 0) is 6.42 Å². The Labute approximate surface area is 237 Å². The van der Waals surface area contributed by atoms with Gasteiger partial charge in [0.05, 0.1) is 28.6 Å². The van der Waals surface area contributed by atoms with Crippen molar-refractivity contribution in [3.8, 4) is 0 Å². The molecule has 0 aromatic rings. The number of aliphatic hydroxyl groups is 2. The van der Waals surface area contributed by atoms with E-state index in [9.17, 15) is 22.9 Å². The van der Waals surface area contributed by atoms with Crippen molar-refractivity contribution >= 4 is 16.0 Å². The minimum Gasteiger partial charge on any atom is -0.748 e. The Kier molecular flexibility index (Phi) is 27.7. The molecule has 0 saturated carbocycles. The van der Waals surface area contributed by atoms with Gasteiger partial charge in [0.15, 0.2) is 0 Å². The number of nitrogens with one attached hydrogen (secondary N) is 1. The normalized spacial score (nSPS) is 12.5. The molecule has 1 unspecified atom stereocenters. The minimum atomic E-state index is -4.51. The van der Waals surface area contributed by atoms with Crippen molar-refractivity contribution in [1.82, 2.24) is 10.2 Å². The summed E-state index contributed by atoms with van der Waals surface area (Å²) in [7, 11) is -4.51. The van der Waals surface area contributed by atoms with Gasteiger partial charge in [-0.1, -0.05) is 96.8 Å². The van der Waals surface area contributed by atoms with Gasteiger partial charge in [0.1, 0.15) is 0 Å². The molecule has 10 heteroatoms. The topological polar surface area (TPSA) is 130 Å². The van der Waals surface area contributed by atoms with Crippen LogP contribution in [0.15, 0.2) is 0 Å². The third-order valence-electron chi connectivity index (χ3n) is 6.04. The van der Waals surface area contributed by atoms with Crippen molar-refractivity contribution < 1.29 is 57.5 Å². The first-order valence-corrected chi connectivity index (χ1v) is 15.1. The van der Waals surface area contributed by atoms with Crippen LogP contribution in [0.5, 0.6) is 0 Å². The summed E-state index contributed by atoms with van der Waals surface area (Å²) in [6.45, 7) is 2.98. The Morgan fingerprint density at radius 3 is 1.74 bits per heavy atom. The smallest absolute Gasteiger partial charge is 0.748 e. The van der Waals surface area contributed by atoms with Crippen molar-refractivity contribution in [2.24, 2.45) is 0 Å². The second kappa shape index (κ2) is 25.9. The van der Waals surface area contributed by atoms with E-state index in [4.69, 9.17) is 5.11 Å². The summed E-state index contributed by atoms with van der Waals surface area (Å²) < 4.78 is 32.2. The van der Waals surface area contributed by atoms with E-state index in [0.717, 1.165) is 19.3 Å². The SMILES string of the molecule is CCCCCCCCCCCCCCCCCC(=O)NCCN(CCO)CC(O)CS(=O)(=O)[O-].[Na+]. The van der Waals surface area contributed by atoms with Crippen LogP contribution >= 0.6 is 0 Å². The second-order valence-electron chi connectivity index (χ2n) is 9.45. The van der Waals surface area contributed by atoms with Crippen LogP contribution in [0.4, 0.5) is 0 Å². The number of hydrogen-bond acceptors (Lipinski definition) is 7. The third kappa shape index (κ3) is 28.7. The largest absolute Gasteiger partial charge is 1.00 e. The molecule has 0 rings (SSSR count). The zero-order valence-electron chi connectivity index (χ0n) is 22.5. The molecule has 0 radical (unpaired) electrons. The third-order valence-corrected chi connectivity index (χ3v) is 6.83. The van der Waals surface area contributed by atoms with Crippen LogP contribution in [-0.2, 0) is 14.9 Å². The standard InChI is InChI=1S/C25H52N2O6S.Na/c1-2-3-4-5-6-7-8-9-10-11-12-13-14-15-16-17-25(30)26-18-19-27(20-21-28)22-24(29)23-34(31,32)33;/h24,28-29H,2-23H2,1H3,(H,26,30)(H,31,32,33);/q;+1/p-1. The van der Waals surface area contributed by atoms with Gasteiger partial charge in [-0.15, -0.1) is 0 Å². The van der Waals surface area contributed by atoms with Gasteiger partial charge in [-0.25, -0.2) is 8.42 Å². The maximum Gasteiger partial charge on any atom is 1.00 e. The molecule has 0 aliphatic heterocycles. The van der Waals surface area contributed by atoms with Crippen molar-refractivity contribution in [2.45, 2.75) is 116 Å². The van der Waals surface area contributed by atoms with Gasteiger partial charge in [-0.2, -0.15) is 0 Å². The number of unbranched alkanes of at least 4 members (excludes halogenated alkanes) is 14. The summed E-state index contributed by atoms with van der Waals surface area (Å²) in [5, 5.41) is 21.6. The molecule has 1 atom stereocenters. The molecule has 0 fully saturated rings. The van der Waals surface area contributed by atoms with Gasteiger partial charge in [-0.3, -0.25) is 9.69 Å². The van der Waals surface area contributed by atoms with Gasteiger partial charge in [0.25, 0.3) is 0 Å². The summed E-state index contributed by atoms with van der Waals surface area (Å²) in [5.41, 5.74) is 0. The van der Waals surface area contributed by atoms with E-state index in [1.165, 1.54) is 77.0 Å². The van der Waals surface area contributed by atoms with Gasteiger partial charge >= 0.3 is 29.6 Å². The van der Waals surface area contributed by atoms with Crippen molar-refractivity contribution in [1.29, 1.82) is 0 Å². The van der Waals surface area contributed by atoms with E-state index in [-0.39, 0.29) is 55.2 Å². The second-order valence-corrected chi connectivity index (χ2v) is 10.9. The molecule has 0 spiro atoms. The predicted octanol–water partition coefficient (Wildman–Crippen LogP) is 0.569. The molecule has 0 heterocycles. The molecule has 3 N–H and O–H groups in total. The molecule has 0 aromatic heterocycles. The van der Waals surface area contributed by atoms with E-state index in [1.54, 1.807) is 4.90 Å². The Bertz CT molecular complexity index is 580. The number of carbonyl (C=O) groups is 1. The van der Waals surface area contributed by atoms with Crippen LogP contribution in [0.1, 0.15) is 110 Å². The van der Waals surface area contributed by atoms with Crippen LogP contribution in [0.3, 0.4) is 0 Å². The molecule has 0 aliphatic carbocycles. The van der Waals surface area contributed by atoms with Gasteiger partial charge in [0.2, 0.25) is 5.91 Å². The first kappa shape index (κ1) is 37.4. The van der Waals surface area contributed by atoms with Crippen LogP contribution < -0.4 is 34.9 Å². The maximum absolute atomic E-state index is 12.0. The molecule has 8 nitrogen and oxygen atoms in total. The Morgan fingerprint density at radius 1 is 0.857 bits per heavy atom. The zero-order valence-corrected chi connectivity index (χ0v) is 25.3. The zero-order chi connectivity index (χ0) is 25.5. The molecule has 35 heavy (non-hydrogen) atoms. The first-order chi connectivity index (χ1) is 16.3. The number of nitrogens with zero attached hydrogens (tertiary/aromatic N) is 1. The van der Waals surface area contributed by atoms with Crippen LogP contribution in [0, 0.1) is 0 Å². The van der Waals surface area contributed by atoms with E-state index in [1.807, 2.05) is 0 Å². The summed E-state index contributed by atoms with van der Waals surface area (Å²) >= 11 is 0. The fraction of sp³-hybridized carbons (Fsp3) is 0.960. The Balaban J connectivity index is 0.